The molecule has 0 aliphatic carbocycles. The molecule has 1 fully saturated rings. The highest BCUT2D eigenvalue weighted by Gasteiger charge is 2.22. The van der Waals surface area contributed by atoms with E-state index in [4.69, 9.17) is 15.2 Å². The Bertz CT molecular complexity index is 627. The molecule has 1 aliphatic rings. The first-order valence-corrected chi connectivity index (χ1v) is 7.65. The molecule has 118 valence electrons. The zero-order valence-electron chi connectivity index (χ0n) is 12.9. The maximum atomic E-state index is 6.06. The predicted octanol–water partition coefficient (Wildman–Crippen LogP) is 1.84. The standard InChI is InChI=1S/C16H22N4O2/c1-21-10-11-22-12-6-8-20(9-7-12)16-18-14-5-3-2-4-13(14)15(17)19-16/h2-5,12H,6-11H2,1H3,(H2,17,18,19). The van der Waals surface area contributed by atoms with Crippen LogP contribution in [0.2, 0.25) is 0 Å². The predicted molar refractivity (Wildman–Crippen MR) is 87.0 cm³/mol. The van der Waals surface area contributed by atoms with E-state index in [1.54, 1.807) is 7.11 Å². The van der Waals surface area contributed by atoms with Gasteiger partial charge in [-0.3, -0.25) is 0 Å². The summed E-state index contributed by atoms with van der Waals surface area (Å²) >= 11 is 0. The lowest BCUT2D eigenvalue weighted by atomic mass is 10.1. The van der Waals surface area contributed by atoms with E-state index in [2.05, 4.69) is 14.9 Å². The molecule has 2 heterocycles. The molecular formula is C16H22N4O2. The van der Waals surface area contributed by atoms with Crippen molar-refractivity contribution in [2.24, 2.45) is 0 Å². The number of benzene rings is 1. The monoisotopic (exact) mass is 302 g/mol. The number of hydrogen-bond acceptors (Lipinski definition) is 6. The summed E-state index contributed by atoms with van der Waals surface area (Å²) in [5.41, 5.74) is 6.95. The fourth-order valence-electron chi connectivity index (χ4n) is 2.75. The molecule has 1 saturated heterocycles. The van der Waals surface area contributed by atoms with Crippen molar-refractivity contribution in [3.63, 3.8) is 0 Å². The molecule has 1 aliphatic heterocycles. The van der Waals surface area contributed by atoms with Gasteiger partial charge < -0.3 is 20.1 Å². The Balaban J connectivity index is 1.66. The minimum atomic E-state index is 0.296. The lowest BCUT2D eigenvalue weighted by Gasteiger charge is -2.32. The van der Waals surface area contributed by atoms with Crippen molar-refractivity contribution in [2.45, 2.75) is 18.9 Å². The fourth-order valence-corrected chi connectivity index (χ4v) is 2.75. The second-order valence-corrected chi connectivity index (χ2v) is 5.48. The highest BCUT2D eigenvalue weighted by molar-refractivity contribution is 5.88. The Hall–Kier alpha value is -1.92. The van der Waals surface area contributed by atoms with E-state index >= 15 is 0 Å². The lowest BCUT2D eigenvalue weighted by molar-refractivity contribution is 0.00599. The average Bonchev–Trinajstić information content (AvgIpc) is 2.56. The van der Waals surface area contributed by atoms with E-state index in [1.165, 1.54) is 0 Å². The maximum Gasteiger partial charge on any atom is 0.227 e. The van der Waals surface area contributed by atoms with Gasteiger partial charge in [0.1, 0.15) is 5.82 Å². The third-order valence-electron chi connectivity index (χ3n) is 3.99. The zero-order valence-corrected chi connectivity index (χ0v) is 12.9. The summed E-state index contributed by atoms with van der Waals surface area (Å²) in [5, 5.41) is 0.907. The summed E-state index contributed by atoms with van der Waals surface area (Å²) in [7, 11) is 1.69. The molecule has 6 heteroatoms. The summed E-state index contributed by atoms with van der Waals surface area (Å²) in [6.45, 7) is 3.07. The van der Waals surface area contributed by atoms with E-state index in [0.29, 0.717) is 31.1 Å². The number of fused-ring (bicyclic) bond motifs is 1. The van der Waals surface area contributed by atoms with Gasteiger partial charge in [-0.15, -0.1) is 0 Å². The van der Waals surface area contributed by atoms with Crippen molar-refractivity contribution in [3.8, 4) is 0 Å². The number of nitrogen functional groups attached to an aromatic ring is 1. The van der Waals surface area contributed by atoms with E-state index < -0.39 is 0 Å². The molecule has 0 amide bonds. The zero-order chi connectivity index (χ0) is 15.4. The smallest absolute Gasteiger partial charge is 0.227 e. The normalized spacial score (nSPS) is 16.3. The van der Waals surface area contributed by atoms with Crippen LogP contribution >= 0.6 is 0 Å². The summed E-state index contributed by atoms with van der Waals surface area (Å²) in [5.74, 6) is 1.26. The minimum Gasteiger partial charge on any atom is -0.383 e. The van der Waals surface area contributed by atoms with Crippen molar-refractivity contribution in [2.75, 3.05) is 44.0 Å². The first-order valence-electron chi connectivity index (χ1n) is 7.65. The number of nitrogens with two attached hydrogens (primary N) is 1. The highest BCUT2D eigenvalue weighted by Crippen LogP contribution is 2.23. The maximum absolute atomic E-state index is 6.06. The van der Waals surface area contributed by atoms with Gasteiger partial charge in [0.2, 0.25) is 5.95 Å². The Morgan fingerprint density at radius 3 is 2.73 bits per heavy atom. The Morgan fingerprint density at radius 1 is 1.18 bits per heavy atom. The molecule has 0 radical (unpaired) electrons. The molecule has 0 unspecified atom stereocenters. The number of methoxy groups -OCH3 is 1. The van der Waals surface area contributed by atoms with Crippen molar-refractivity contribution in [1.29, 1.82) is 0 Å². The van der Waals surface area contributed by atoms with Crippen molar-refractivity contribution in [3.05, 3.63) is 24.3 Å². The SMILES string of the molecule is COCCOC1CCN(c2nc(N)c3ccccc3n2)CC1. The van der Waals surface area contributed by atoms with Crippen LogP contribution in [0.4, 0.5) is 11.8 Å². The molecule has 22 heavy (non-hydrogen) atoms. The number of aromatic nitrogens is 2. The van der Waals surface area contributed by atoms with Crippen molar-refractivity contribution < 1.29 is 9.47 Å². The van der Waals surface area contributed by atoms with Crippen LogP contribution < -0.4 is 10.6 Å². The van der Waals surface area contributed by atoms with Gasteiger partial charge in [0, 0.05) is 25.6 Å². The van der Waals surface area contributed by atoms with Crippen LogP contribution in [0.15, 0.2) is 24.3 Å². The molecule has 0 atom stereocenters. The molecule has 3 rings (SSSR count). The Labute approximate surface area is 130 Å². The summed E-state index contributed by atoms with van der Waals surface area (Å²) in [4.78, 5) is 11.3. The third-order valence-corrected chi connectivity index (χ3v) is 3.99. The van der Waals surface area contributed by atoms with E-state index in [1.807, 2.05) is 24.3 Å². The molecule has 0 spiro atoms. The number of ether oxygens (including phenoxy) is 2. The van der Waals surface area contributed by atoms with Crippen molar-refractivity contribution >= 4 is 22.7 Å². The van der Waals surface area contributed by atoms with Crippen molar-refractivity contribution in [1.82, 2.24) is 9.97 Å². The molecule has 0 bridgehead atoms. The number of nitrogens with zero attached hydrogens (tertiary/aromatic N) is 3. The molecule has 2 aromatic rings. The molecule has 1 aromatic heterocycles. The highest BCUT2D eigenvalue weighted by atomic mass is 16.5. The minimum absolute atomic E-state index is 0.296. The van der Waals surface area contributed by atoms with Gasteiger partial charge >= 0.3 is 0 Å². The van der Waals surface area contributed by atoms with E-state index in [0.717, 1.165) is 36.8 Å². The van der Waals surface area contributed by atoms with Crippen LogP contribution in [0.5, 0.6) is 0 Å². The Kier molecular flexibility index (Phi) is 4.70. The first kappa shape index (κ1) is 15.0. The topological polar surface area (TPSA) is 73.5 Å². The van der Waals surface area contributed by atoms with Crippen LogP contribution in [-0.4, -0.2) is 49.5 Å². The molecule has 1 aromatic carbocycles. The summed E-state index contributed by atoms with van der Waals surface area (Å²) < 4.78 is 10.8. The molecule has 0 saturated carbocycles. The van der Waals surface area contributed by atoms with Crippen LogP contribution in [0, 0.1) is 0 Å². The number of para-hydroxylation sites is 1. The van der Waals surface area contributed by atoms with Gasteiger partial charge in [-0.25, -0.2) is 4.98 Å². The lowest BCUT2D eigenvalue weighted by Crippen LogP contribution is -2.38. The fraction of sp³-hybridized carbons (Fsp3) is 0.500. The number of anilines is 2. The van der Waals surface area contributed by atoms with Crippen LogP contribution in [0.1, 0.15) is 12.8 Å². The van der Waals surface area contributed by atoms with Gasteiger partial charge in [-0.05, 0) is 25.0 Å². The van der Waals surface area contributed by atoms with E-state index in [-0.39, 0.29) is 0 Å². The van der Waals surface area contributed by atoms with Crippen LogP contribution in [-0.2, 0) is 9.47 Å². The van der Waals surface area contributed by atoms with E-state index in [9.17, 15) is 0 Å². The molecule has 6 nitrogen and oxygen atoms in total. The van der Waals surface area contributed by atoms with Gasteiger partial charge in [0.25, 0.3) is 0 Å². The second-order valence-electron chi connectivity index (χ2n) is 5.48. The number of hydrogen-bond donors (Lipinski definition) is 1. The average molecular weight is 302 g/mol. The van der Waals surface area contributed by atoms with Gasteiger partial charge in [0.05, 0.1) is 24.8 Å². The number of piperidine rings is 1. The quantitative estimate of drug-likeness (QED) is 0.850. The van der Waals surface area contributed by atoms with Gasteiger partial charge in [-0.2, -0.15) is 4.98 Å². The molecular weight excluding hydrogens is 280 g/mol. The summed E-state index contributed by atoms with van der Waals surface area (Å²) in [6.07, 6.45) is 2.24. The first-order chi connectivity index (χ1) is 10.8. The summed E-state index contributed by atoms with van der Waals surface area (Å²) in [6, 6.07) is 7.83. The number of rotatable bonds is 5. The van der Waals surface area contributed by atoms with Crippen LogP contribution in [0.25, 0.3) is 10.9 Å². The largest absolute Gasteiger partial charge is 0.383 e. The third kappa shape index (κ3) is 3.28. The van der Waals surface area contributed by atoms with Crippen LogP contribution in [0.3, 0.4) is 0 Å². The molecule has 2 N–H and O–H groups in total. The van der Waals surface area contributed by atoms with Gasteiger partial charge in [0.15, 0.2) is 0 Å². The Morgan fingerprint density at radius 2 is 1.95 bits per heavy atom. The van der Waals surface area contributed by atoms with Gasteiger partial charge in [-0.1, -0.05) is 12.1 Å². The second kappa shape index (κ2) is 6.89.